The Bertz CT molecular complexity index is 1300. The zero-order chi connectivity index (χ0) is 24.9. The van der Waals surface area contributed by atoms with Gasteiger partial charge in [0.2, 0.25) is 5.78 Å². The van der Waals surface area contributed by atoms with Crippen molar-refractivity contribution in [1.29, 1.82) is 0 Å². The molecule has 3 rings (SSSR count). The van der Waals surface area contributed by atoms with Crippen LogP contribution in [0.3, 0.4) is 0 Å². The second-order valence-electron chi connectivity index (χ2n) is 7.61. The maximum atomic E-state index is 13.4. The molecule has 0 heterocycles. The van der Waals surface area contributed by atoms with Crippen molar-refractivity contribution in [2.24, 2.45) is 0 Å². The second kappa shape index (κ2) is 10.7. The molecule has 0 aliphatic heterocycles. The van der Waals surface area contributed by atoms with E-state index >= 15 is 0 Å². The Balaban J connectivity index is 1.84. The Kier molecular flexibility index (Phi) is 7.91. The van der Waals surface area contributed by atoms with Gasteiger partial charge in [-0.05, 0) is 56.3 Å². The van der Waals surface area contributed by atoms with E-state index in [1.165, 1.54) is 37.3 Å². The number of halogens is 1. The van der Waals surface area contributed by atoms with Gasteiger partial charge in [-0.15, -0.1) is 6.58 Å². The minimum absolute atomic E-state index is 0.0132. The molecule has 1 atom stereocenters. The Labute approximate surface area is 204 Å². The van der Waals surface area contributed by atoms with Crippen LogP contribution < -0.4 is 4.31 Å². The monoisotopic (exact) mass is 497 g/mol. The molecule has 0 bridgehead atoms. The molecular weight excluding hydrogens is 474 g/mol. The third-order valence-corrected chi connectivity index (χ3v) is 7.10. The van der Waals surface area contributed by atoms with Crippen molar-refractivity contribution in [3.63, 3.8) is 0 Å². The topological polar surface area (TPSA) is 80.8 Å². The highest BCUT2D eigenvalue weighted by Crippen LogP contribution is 2.26. The lowest BCUT2D eigenvalue weighted by atomic mass is 10.1. The molecule has 0 saturated heterocycles. The Morgan fingerprint density at radius 2 is 1.68 bits per heavy atom. The predicted octanol–water partition coefficient (Wildman–Crippen LogP) is 5.46. The van der Waals surface area contributed by atoms with Crippen LogP contribution >= 0.6 is 11.6 Å². The lowest BCUT2D eigenvalue weighted by Crippen LogP contribution is -2.31. The predicted molar refractivity (Wildman–Crippen MR) is 133 cm³/mol. The van der Waals surface area contributed by atoms with Crippen LogP contribution in [-0.2, 0) is 14.8 Å². The highest BCUT2D eigenvalue weighted by Gasteiger charge is 2.26. The number of esters is 1. The summed E-state index contributed by atoms with van der Waals surface area (Å²) in [6, 6.07) is 18.8. The molecule has 0 amide bonds. The fraction of sp³-hybridized carbons (Fsp3) is 0.154. The van der Waals surface area contributed by atoms with E-state index in [2.05, 4.69) is 6.58 Å². The van der Waals surface area contributed by atoms with E-state index in [4.69, 9.17) is 16.3 Å². The summed E-state index contributed by atoms with van der Waals surface area (Å²) < 4.78 is 33.2. The average Bonchev–Trinajstić information content (AvgIpc) is 2.83. The van der Waals surface area contributed by atoms with Gasteiger partial charge in [0.25, 0.3) is 10.0 Å². The number of anilines is 1. The van der Waals surface area contributed by atoms with E-state index in [0.717, 1.165) is 9.87 Å². The van der Waals surface area contributed by atoms with Gasteiger partial charge in [-0.1, -0.05) is 53.6 Å². The molecule has 3 aromatic carbocycles. The summed E-state index contributed by atoms with van der Waals surface area (Å²) in [5.41, 5.74) is 1.84. The Morgan fingerprint density at radius 1 is 1.03 bits per heavy atom. The standard InChI is InChI=1S/C26H24ClNO5S/c1-4-16-28(23-14-12-22(27)13-15-23)34(31,32)24-7-5-6-21(17-24)26(30)33-19(3)25(29)20-10-8-18(2)9-11-20/h4-15,17,19H,1,16H2,2-3H3/t19-/m0/s1. The maximum absolute atomic E-state index is 13.4. The zero-order valence-corrected chi connectivity index (χ0v) is 20.3. The Morgan fingerprint density at radius 3 is 2.29 bits per heavy atom. The minimum Gasteiger partial charge on any atom is -0.451 e. The van der Waals surface area contributed by atoms with E-state index in [1.807, 2.05) is 6.92 Å². The smallest absolute Gasteiger partial charge is 0.338 e. The summed E-state index contributed by atoms with van der Waals surface area (Å²) in [6.07, 6.45) is 0.421. The average molecular weight is 498 g/mol. The molecule has 0 aliphatic rings. The molecule has 6 nitrogen and oxygen atoms in total. The largest absolute Gasteiger partial charge is 0.451 e. The van der Waals surface area contributed by atoms with Gasteiger partial charge in [-0.2, -0.15) is 0 Å². The zero-order valence-electron chi connectivity index (χ0n) is 18.8. The molecule has 0 fully saturated rings. The van der Waals surface area contributed by atoms with Gasteiger partial charge in [-0.3, -0.25) is 9.10 Å². The summed E-state index contributed by atoms with van der Waals surface area (Å²) in [6.45, 7) is 7.04. The second-order valence-corrected chi connectivity index (χ2v) is 9.91. The SMILES string of the molecule is C=CCN(c1ccc(Cl)cc1)S(=O)(=O)c1cccc(C(=O)O[C@@H](C)C(=O)c2ccc(C)cc2)c1. The van der Waals surface area contributed by atoms with Crippen LogP contribution in [0.5, 0.6) is 0 Å². The first-order chi connectivity index (χ1) is 16.1. The van der Waals surface area contributed by atoms with Crippen LogP contribution in [0.15, 0.2) is 90.3 Å². The summed E-state index contributed by atoms with van der Waals surface area (Å²) >= 11 is 5.93. The Hall–Kier alpha value is -3.42. The van der Waals surface area contributed by atoms with Gasteiger partial charge in [0, 0.05) is 10.6 Å². The van der Waals surface area contributed by atoms with Crippen LogP contribution in [-0.4, -0.2) is 32.8 Å². The molecule has 0 aliphatic carbocycles. The normalized spacial score (nSPS) is 12.0. The van der Waals surface area contributed by atoms with E-state index in [0.29, 0.717) is 16.3 Å². The molecule has 0 unspecified atom stereocenters. The van der Waals surface area contributed by atoms with Gasteiger partial charge in [0.05, 0.1) is 22.7 Å². The summed E-state index contributed by atoms with van der Waals surface area (Å²) in [4.78, 5) is 25.2. The number of sulfonamides is 1. The first-order valence-corrected chi connectivity index (χ1v) is 12.3. The number of Topliss-reactive ketones (excluding diaryl/α,β-unsaturated/α-hetero) is 1. The number of carbonyl (C=O) groups excluding carboxylic acids is 2. The molecule has 0 N–H and O–H groups in total. The van der Waals surface area contributed by atoms with E-state index in [1.54, 1.807) is 48.5 Å². The van der Waals surface area contributed by atoms with Crippen LogP contribution in [0.25, 0.3) is 0 Å². The fourth-order valence-corrected chi connectivity index (χ4v) is 4.82. The summed E-state index contributed by atoms with van der Waals surface area (Å²) in [7, 11) is -4.03. The third-order valence-electron chi connectivity index (χ3n) is 5.06. The molecule has 8 heteroatoms. The number of ketones is 1. The third kappa shape index (κ3) is 5.73. The molecule has 34 heavy (non-hydrogen) atoms. The van der Waals surface area contributed by atoms with Gasteiger partial charge in [0.15, 0.2) is 6.10 Å². The minimum atomic E-state index is -4.03. The fourth-order valence-electron chi connectivity index (χ4n) is 3.21. The molecule has 3 aromatic rings. The van der Waals surface area contributed by atoms with Crippen molar-refractivity contribution in [1.82, 2.24) is 0 Å². The number of hydrogen-bond acceptors (Lipinski definition) is 5. The van der Waals surface area contributed by atoms with E-state index < -0.39 is 22.1 Å². The number of rotatable bonds is 9. The first kappa shape index (κ1) is 25.2. The maximum Gasteiger partial charge on any atom is 0.338 e. The quantitative estimate of drug-likeness (QED) is 0.223. The van der Waals surface area contributed by atoms with E-state index in [-0.39, 0.29) is 22.8 Å². The van der Waals surface area contributed by atoms with Gasteiger partial charge in [-0.25, -0.2) is 13.2 Å². The lowest BCUT2D eigenvalue weighted by molar-refractivity contribution is 0.0318. The van der Waals surface area contributed by atoms with Crippen molar-refractivity contribution >= 4 is 39.1 Å². The summed E-state index contributed by atoms with van der Waals surface area (Å²) in [5.74, 6) is -1.15. The van der Waals surface area contributed by atoms with Gasteiger partial charge < -0.3 is 4.74 Å². The number of aryl methyl sites for hydroxylation is 1. The van der Waals surface area contributed by atoms with Crippen molar-refractivity contribution < 1.29 is 22.7 Å². The highest BCUT2D eigenvalue weighted by atomic mass is 35.5. The molecule has 0 aromatic heterocycles. The number of carbonyl (C=O) groups is 2. The molecule has 0 saturated carbocycles. The lowest BCUT2D eigenvalue weighted by Gasteiger charge is -2.23. The summed E-state index contributed by atoms with van der Waals surface area (Å²) in [5, 5.41) is 0.471. The van der Waals surface area contributed by atoms with Crippen LogP contribution in [0.2, 0.25) is 5.02 Å². The molecular formula is C26H24ClNO5S. The van der Waals surface area contributed by atoms with Crippen LogP contribution in [0.1, 0.15) is 33.2 Å². The van der Waals surface area contributed by atoms with Gasteiger partial charge in [0.1, 0.15) is 0 Å². The van der Waals surface area contributed by atoms with Crippen LogP contribution in [0.4, 0.5) is 5.69 Å². The number of ether oxygens (including phenoxy) is 1. The van der Waals surface area contributed by atoms with Crippen molar-refractivity contribution in [3.8, 4) is 0 Å². The highest BCUT2D eigenvalue weighted by molar-refractivity contribution is 7.92. The number of nitrogens with zero attached hydrogens (tertiary/aromatic N) is 1. The number of hydrogen-bond donors (Lipinski definition) is 0. The van der Waals surface area contributed by atoms with Crippen LogP contribution in [0, 0.1) is 6.92 Å². The van der Waals surface area contributed by atoms with Crippen molar-refractivity contribution in [2.75, 3.05) is 10.8 Å². The molecule has 0 spiro atoms. The van der Waals surface area contributed by atoms with E-state index in [9.17, 15) is 18.0 Å². The molecule has 176 valence electrons. The van der Waals surface area contributed by atoms with Crippen molar-refractivity contribution in [2.45, 2.75) is 24.8 Å². The molecule has 0 radical (unpaired) electrons. The van der Waals surface area contributed by atoms with Crippen molar-refractivity contribution in [3.05, 3.63) is 107 Å². The first-order valence-electron chi connectivity index (χ1n) is 10.4. The number of benzene rings is 3. The van der Waals surface area contributed by atoms with Gasteiger partial charge >= 0.3 is 5.97 Å².